The maximum atomic E-state index is 12.9. The van der Waals surface area contributed by atoms with E-state index in [1.807, 2.05) is 45.0 Å². The second-order valence-electron chi connectivity index (χ2n) is 7.49. The van der Waals surface area contributed by atoms with E-state index >= 15 is 0 Å². The second kappa shape index (κ2) is 9.26. The number of unbranched alkanes of at least 4 members (excludes halogenated alkanes) is 1. The van der Waals surface area contributed by atoms with E-state index in [4.69, 9.17) is 4.74 Å². The Balaban J connectivity index is 2.31. The highest BCUT2D eigenvalue weighted by Crippen LogP contribution is 2.32. The van der Waals surface area contributed by atoms with Gasteiger partial charge in [0.2, 0.25) is 0 Å². The van der Waals surface area contributed by atoms with Crippen molar-refractivity contribution in [3.8, 4) is 0 Å². The number of esters is 1. The van der Waals surface area contributed by atoms with Crippen molar-refractivity contribution >= 4 is 21.9 Å². The summed E-state index contributed by atoms with van der Waals surface area (Å²) in [5, 5.41) is 14.6. The smallest absolute Gasteiger partial charge is 0.310 e. The van der Waals surface area contributed by atoms with Gasteiger partial charge in [-0.3, -0.25) is 4.79 Å². The maximum absolute atomic E-state index is 12.9. The van der Waals surface area contributed by atoms with E-state index in [2.05, 4.69) is 43.5 Å². The first-order valence-corrected chi connectivity index (χ1v) is 9.80. The van der Waals surface area contributed by atoms with E-state index in [0.717, 1.165) is 29.3 Å². The summed E-state index contributed by atoms with van der Waals surface area (Å²) < 4.78 is 6.72. The number of halogens is 1. The third-order valence-electron chi connectivity index (χ3n) is 4.13. The highest BCUT2D eigenvalue weighted by Gasteiger charge is 2.35. The van der Waals surface area contributed by atoms with Crippen molar-refractivity contribution in [1.82, 2.24) is 20.6 Å². The Hall–Kier alpha value is -1.76. The molecule has 6 nitrogen and oxygen atoms in total. The molecule has 2 atom stereocenters. The summed E-state index contributed by atoms with van der Waals surface area (Å²) in [7, 11) is 0. The number of benzene rings is 1. The fraction of sp³-hybridized carbons (Fsp3) is 0.579. The number of H-pyrrole nitrogens is 1. The molecule has 2 aromatic rings. The van der Waals surface area contributed by atoms with Crippen molar-refractivity contribution in [2.45, 2.75) is 64.9 Å². The Labute approximate surface area is 163 Å². The summed E-state index contributed by atoms with van der Waals surface area (Å²) in [5.74, 6) is -0.135. The molecule has 142 valence electrons. The van der Waals surface area contributed by atoms with Crippen LogP contribution in [0.2, 0.25) is 0 Å². The number of hydrogen-bond acceptors (Lipinski definition) is 5. The van der Waals surface area contributed by atoms with E-state index in [1.54, 1.807) is 0 Å². The molecule has 1 aromatic heterocycles. The van der Waals surface area contributed by atoms with Crippen LogP contribution in [0.25, 0.3) is 0 Å². The SMILES string of the molecule is CCCC[C@@H](C(=O)OC(C)(C)C)[C@@H](Cc1ccc(Br)cc1)c1nn[nH]n1. The number of tetrazole rings is 1. The van der Waals surface area contributed by atoms with Crippen LogP contribution in [0.3, 0.4) is 0 Å². The summed E-state index contributed by atoms with van der Waals surface area (Å²) >= 11 is 3.46. The minimum absolute atomic E-state index is 0.184. The topological polar surface area (TPSA) is 80.8 Å². The van der Waals surface area contributed by atoms with E-state index in [9.17, 15) is 4.79 Å². The van der Waals surface area contributed by atoms with Crippen molar-refractivity contribution in [1.29, 1.82) is 0 Å². The van der Waals surface area contributed by atoms with Crippen LogP contribution in [0.15, 0.2) is 28.7 Å². The third-order valence-corrected chi connectivity index (χ3v) is 4.65. The highest BCUT2D eigenvalue weighted by molar-refractivity contribution is 9.10. The lowest BCUT2D eigenvalue weighted by molar-refractivity contribution is -0.161. The Bertz CT molecular complexity index is 681. The van der Waals surface area contributed by atoms with Crippen LogP contribution in [0.1, 0.15) is 64.3 Å². The minimum atomic E-state index is -0.527. The van der Waals surface area contributed by atoms with Crippen molar-refractivity contribution in [3.63, 3.8) is 0 Å². The molecule has 0 saturated heterocycles. The second-order valence-corrected chi connectivity index (χ2v) is 8.40. The van der Waals surface area contributed by atoms with Crippen LogP contribution in [0, 0.1) is 5.92 Å². The molecule has 1 aromatic carbocycles. The molecule has 1 N–H and O–H groups in total. The van der Waals surface area contributed by atoms with Crippen LogP contribution in [-0.2, 0) is 16.0 Å². The van der Waals surface area contributed by atoms with Crippen molar-refractivity contribution in [2.24, 2.45) is 5.92 Å². The molecule has 0 unspecified atom stereocenters. The lowest BCUT2D eigenvalue weighted by atomic mass is 9.83. The fourth-order valence-electron chi connectivity index (χ4n) is 2.90. The van der Waals surface area contributed by atoms with E-state index < -0.39 is 5.60 Å². The molecule has 0 radical (unpaired) electrons. The first kappa shape index (κ1) is 20.6. The highest BCUT2D eigenvalue weighted by atomic mass is 79.9. The summed E-state index contributed by atoms with van der Waals surface area (Å²) in [6.45, 7) is 7.78. The monoisotopic (exact) mass is 422 g/mol. The molecule has 0 aliphatic carbocycles. The quantitative estimate of drug-likeness (QED) is 0.635. The molecule has 0 fully saturated rings. The number of hydrogen-bond donors (Lipinski definition) is 1. The molecule has 26 heavy (non-hydrogen) atoms. The van der Waals surface area contributed by atoms with Gasteiger partial charge in [-0.2, -0.15) is 5.21 Å². The zero-order chi connectivity index (χ0) is 19.2. The van der Waals surface area contributed by atoms with Crippen molar-refractivity contribution < 1.29 is 9.53 Å². The van der Waals surface area contributed by atoms with Crippen LogP contribution in [0.5, 0.6) is 0 Å². The Morgan fingerprint density at radius 3 is 2.50 bits per heavy atom. The van der Waals surface area contributed by atoms with E-state index in [0.29, 0.717) is 12.2 Å². The summed E-state index contributed by atoms with van der Waals surface area (Å²) in [6.07, 6.45) is 3.34. The van der Waals surface area contributed by atoms with Gasteiger partial charge in [0.1, 0.15) is 5.60 Å². The molecule has 7 heteroatoms. The Morgan fingerprint density at radius 1 is 1.27 bits per heavy atom. The molecule has 1 heterocycles. The molecule has 2 rings (SSSR count). The summed E-state index contributed by atoms with van der Waals surface area (Å²) in [6, 6.07) is 8.08. The maximum Gasteiger partial charge on any atom is 0.310 e. The first-order valence-electron chi connectivity index (χ1n) is 9.00. The summed E-state index contributed by atoms with van der Waals surface area (Å²) in [4.78, 5) is 12.9. The average molecular weight is 423 g/mol. The third kappa shape index (κ3) is 6.20. The predicted molar refractivity (Wildman–Crippen MR) is 104 cm³/mol. The van der Waals surface area contributed by atoms with Gasteiger partial charge in [-0.25, -0.2) is 0 Å². The van der Waals surface area contributed by atoms with E-state index in [1.165, 1.54) is 0 Å². The van der Waals surface area contributed by atoms with Crippen LogP contribution >= 0.6 is 15.9 Å². The van der Waals surface area contributed by atoms with Gasteiger partial charge in [0.05, 0.1) is 5.92 Å². The standard InChI is InChI=1S/C19H27BrN4O2/c1-5-6-7-15(18(25)26-19(2,3)4)16(17-21-23-24-22-17)12-13-8-10-14(20)11-9-13/h8-11,15-16H,5-7,12H2,1-4H3,(H,21,22,23,24)/t15-,16-/m1/s1. The number of aromatic nitrogens is 4. The molecule has 0 bridgehead atoms. The summed E-state index contributed by atoms with van der Waals surface area (Å²) in [5.41, 5.74) is 0.592. The number of aromatic amines is 1. The molecule has 0 aliphatic heterocycles. The lowest BCUT2D eigenvalue weighted by Gasteiger charge is -2.28. The van der Waals surface area contributed by atoms with Crippen molar-refractivity contribution in [2.75, 3.05) is 0 Å². The van der Waals surface area contributed by atoms with Gasteiger partial charge >= 0.3 is 5.97 Å². The Kier molecular flexibility index (Phi) is 7.32. The molecule has 0 spiro atoms. The fourth-order valence-corrected chi connectivity index (χ4v) is 3.16. The Morgan fingerprint density at radius 2 is 1.96 bits per heavy atom. The number of rotatable bonds is 8. The van der Waals surface area contributed by atoms with Gasteiger partial charge in [-0.1, -0.05) is 53.0 Å². The van der Waals surface area contributed by atoms with E-state index in [-0.39, 0.29) is 17.8 Å². The largest absolute Gasteiger partial charge is 0.460 e. The van der Waals surface area contributed by atoms with Gasteiger partial charge in [-0.15, -0.1) is 10.2 Å². The van der Waals surface area contributed by atoms with Gasteiger partial charge in [0.15, 0.2) is 5.82 Å². The van der Waals surface area contributed by atoms with Gasteiger partial charge in [-0.05, 0) is 51.3 Å². The number of nitrogens with one attached hydrogen (secondary N) is 1. The lowest BCUT2D eigenvalue weighted by Crippen LogP contribution is -2.33. The van der Waals surface area contributed by atoms with Gasteiger partial charge < -0.3 is 4.74 Å². The van der Waals surface area contributed by atoms with Crippen LogP contribution in [0.4, 0.5) is 0 Å². The molecule has 0 aliphatic rings. The normalized spacial score (nSPS) is 14.0. The number of nitrogens with zero attached hydrogens (tertiary/aromatic N) is 3. The first-order chi connectivity index (χ1) is 12.3. The number of ether oxygens (including phenoxy) is 1. The van der Waals surface area contributed by atoms with Crippen LogP contribution < -0.4 is 0 Å². The number of carbonyl (C=O) groups is 1. The van der Waals surface area contributed by atoms with Crippen molar-refractivity contribution in [3.05, 3.63) is 40.1 Å². The van der Waals surface area contributed by atoms with Gasteiger partial charge in [0.25, 0.3) is 0 Å². The molecule has 0 saturated carbocycles. The minimum Gasteiger partial charge on any atom is -0.460 e. The van der Waals surface area contributed by atoms with Crippen LogP contribution in [-0.4, -0.2) is 32.2 Å². The molecular weight excluding hydrogens is 396 g/mol. The predicted octanol–water partition coefficient (Wildman–Crippen LogP) is 4.44. The molecular formula is C19H27BrN4O2. The average Bonchev–Trinajstić information content (AvgIpc) is 3.08. The zero-order valence-corrected chi connectivity index (χ0v) is 17.4. The van der Waals surface area contributed by atoms with Gasteiger partial charge in [0, 0.05) is 10.4 Å². The number of carbonyl (C=O) groups excluding carboxylic acids is 1. The molecule has 0 amide bonds. The zero-order valence-electron chi connectivity index (χ0n) is 15.8.